The summed E-state index contributed by atoms with van der Waals surface area (Å²) in [4.78, 5) is 11.4. The van der Waals surface area contributed by atoms with Gasteiger partial charge < -0.3 is 15.2 Å². The number of nitrogens with two attached hydrogens (primary N) is 1. The van der Waals surface area contributed by atoms with Crippen molar-refractivity contribution in [3.8, 4) is 5.75 Å². The van der Waals surface area contributed by atoms with E-state index in [1.165, 1.54) is 6.92 Å². The van der Waals surface area contributed by atoms with Crippen LogP contribution in [0.4, 0.5) is 5.69 Å². The molecule has 0 aromatic heterocycles. The number of carbonyl (C=O) groups is 1. The van der Waals surface area contributed by atoms with Crippen molar-refractivity contribution in [3.63, 3.8) is 0 Å². The SMILES string of the molecule is COCCCCOc1ccc(N)cc1C(C)=O. The topological polar surface area (TPSA) is 61.6 Å². The number of ketones is 1. The molecule has 0 bridgehead atoms. The van der Waals surface area contributed by atoms with Crippen LogP contribution in [0, 0.1) is 0 Å². The summed E-state index contributed by atoms with van der Waals surface area (Å²) < 4.78 is 10.5. The molecule has 94 valence electrons. The van der Waals surface area contributed by atoms with Gasteiger partial charge in [-0.15, -0.1) is 0 Å². The van der Waals surface area contributed by atoms with Gasteiger partial charge in [0.15, 0.2) is 5.78 Å². The van der Waals surface area contributed by atoms with Crippen molar-refractivity contribution in [2.75, 3.05) is 26.1 Å². The van der Waals surface area contributed by atoms with Crippen LogP contribution < -0.4 is 10.5 Å². The molecule has 4 heteroatoms. The molecular formula is C13H19NO3. The van der Waals surface area contributed by atoms with Crippen LogP contribution in [0.15, 0.2) is 18.2 Å². The second-order valence-electron chi connectivity index (χ2n) is 3.86. The quantitative estimate of drug-likeness (QED) is 0.449. The van der Waals surface area contributed by atoms with Gasteiger partial charge in [0, 0.05) is 19.4 Å². The molecule has 1 aromatic carbocycles. The summed E-state index contributed by atoms with van der Waals surface area (Å²) in [5.41, 5.74) is 6.75. The van der Waals surface area contributed by atoms with Crippen molar-refractivity contribution in [1.82, 2.24) is 0 Å². The smallest absolute Gasteiger partial charge is 0.163 e. The highest BCUT2D eigenvalue weighted by atomic mass is 16.5. The number of unbranched alkanes of at least 4 members (excludes halogenated alkanes) is 1. The molecule has 0 saturated carbocycles. The molecule has 0 spiro atoms. The highest BCUT2D eigenvalue weighted by Crippen LogP contribution is 2.22. The van der Waals surface area contributed by atoms with Crippen LogP contribution in [0.1, 0.15) is 30.1 Å². The Morgan fingerprint density at radius 3 is 2.65 bits per heavy atom. The lowest BCUT2D eigenvalue weighted by Gasteiger charge is -2.10. The first-order valence-electron chi connectivity index (χ1n) is 5.67. The minimum Gasteiger partial charge on any atom is -0.493 e. The van der Waals surface area contributed by atoms with E-state index in [4.69, 9.17) is 15.2 Å². The first kappa shape index (κ1) is 13.5. The summed E-state index contributed by atoms with van der Waals surface area (Å²) in [6.07, 6.45) is 1.84. The third-order valence-electron chi connectivity index (χ3n) is 2.38. The van der Waals surface area contributed by atoms with Crippen LogP contribution in [0.2, 0.25) is 0 Å². The first-order chi connectivity index (χ1) is 8.15. The van der Waals surface area contributed by atoms with Crippen molar-refractivity contribution in [2.45, 2.75) is 19.8 Å². The maximum atomic E-state index is 11.4. The van der Waals surface area contributed by atoms with Crippen LogP contribution in [0.5, 0.6) is 5.75 Å². The van der Waals surface area contributed by atoms with Gasteiger partial charge in [-0.1, -0.05) is 0 Å². The Kier molecular flexibility index (Phi) is 5.49. The molecule has 2 N–H and O–H groups in total. The van der Waals surface area contributed by atoms with E-state index in [2.05, 4.69) is 0 Å². The van der Waals surface area contributed by atoms with E-state index in [9.17, 15) is 4.79 Å². The zero-order chi connectivity index (χ0) is 12.7. The zero-order valence-electron chi connectivity index (χ0n) is 10.4. The molecule has 0 saturated heterocycles. The van der Waals surface area contributed by atoms with Gasteiger partial charge in [0.05, 0.1) is 12.2 Å². The second-order valence-corrected chi connectivity index (χ2v) is 3.86. The van der Waals surface area contributed by atoms with Gasteiger partial charge in [-0.3, -0.25) is 4.79 Å². The lowest BCUT2D eigenvalue weighted by Crippen LogP contribution is -2.04. The Labute approximate surface area is 102 Å². The monoisotopic (exact) mass is 237 g/mol. The average Bonchev–Trinajstić information content (AvgIpc) is 2.30. The number of anilines is 1. The van der Waals surface area contributed by atoms with Crippen molar-refractivity contribution >= 4 is 11.5 Å². The molecule has 4 nitrogen and oxygen atoms in total. The van der Waals surface area contributed by atoms with Crippen molar-refractivity contribution in [2.24, 2.45) is 0 Å². The fraction of sp³-hybridized carbons (Fsp3) is 0.462. The Morgan fingerprint density at radius 1 is 1.29 bits per heavy atom. The van der Waals surface area contributed by atoms with E-state index >= 15 is 0 Å². The largest absolute Gasteiger partial charge is 0.493 e. The van der Waals surface area contributed by atoms with Crippen LogP contribution in [0.3, 0.4) is 0 Å². The van der Waals surface area contributed by atoms with Gasteiger partial charge >= 0.3 is 0 Å². The average molecular weight is 237 g/mol. The first-order valence-corrected chi connectivity index (χ1v) is 5.67. The van der Waals surface area contributed by atoms with Crippen LogP contribution in [-0.4, -0.2) is 26.1 Å². The highest BCUT2D eigenvalue weighted by molar-refractivity contribution is 5.97. The van der Waals surface area contributed by atoms with Crippen molar-refractivity contribution < 1.29 is 14.3 Å². The normalized spacial score (nSPS) is 10.2. The van der Waals surface area contributed by atoms with Gasteiger partial charge in [0.25, 0.3) is 0 Å². The van der Waals surface area contributed by atoms with Gasteiger partial charge in [0.1, 0.15) is 5.75 Å². The molecule has 0 aliphatic carbocycles. The van der Waals surface area contributed by atoms with Crippen LogP contribution in [0.25, 0.3) is 0 Å². The molecule has 0 amide bonds. The summed E-state index contributed by atoms with van der Waals surface area (Å²) in [5, 5.41) is 0. The van der Waals surface area contributed by atoms with Crippen LogP contribution in [-0.2, 0) is 4.74 Å². The molecule has 0 unspecified atom stereocenters. The highest BCUT2D eigenvalue weighted by Gasteiger charge is 2.08. The fourth-order valence-corrected chi connectivity index (χ4v) is 1.48. The number of benzene rings is 1. The van der Waals surface area contributed by atoms with E-state index in [-0.39, 0.29) is 5.78 Å². The van der Waals surface area contributed by atoms with E-state index in [1.54, 1.807) is 25.3 Å². The molecule has 0 aliphatic rings. The summed E-state index contributed by atoms with van der Waals surface area (Å²) in [5.74, 6) is 0.563. The lowest BCUT2D eigenvalue weighted by atomic mass is 10.1. The molecule has 0 fully saturated rings. The standard InChI is InChI=1S/C13H19NO3/c1-10(15)12-9-11(14)5-6-13(12)17-8-4-3-7-16-2/h5-6,9H,3-4,7-8,14H2,1-2H3. The minimum absolute atomic E-state index is 0.0378. The van der Waals surface area contributed by atoms with Gasteiger partial charge in [-0.2, -0.15) is 0 Å². The fourth-order valence-electron chi connectivity index (χ4n) is 1.48. The number of nitrogen functional groups attached to an aromatic ring is 1. The Morgan fingerprint density at radius 2 is 2.00 bits per heavy atom. The number of carbonyl (C=O) groups excluding carboxylic acids is 1. The third-order valence-corrected chi connectivity index (χ3v) is 2.38. The van der Waals surface area contributed by atoms with E-state index in [1.807, 2.05) is 0 Å². The lowest BCUT2D eigenvalue weighted by molar-refractivity contribution is 0.101. The molecule has 1 aromatic rings. The number of ether oxygens (including phenoxy) is 2. The number of Topliss-reactive ketones (excluding diaryl/α,β-unsaturated/α-hetero) is 1. The molecular weight excluding hydrogens is 218 g/mol. The third kappa shape index (κ3) is 4.44. The zero-order valence-corrected chi connectivity index (χ0v) is 10.4. The molecule has 0 aliphatic heterocycles. The Hall–Kier alpha value is -1.55. The summed E-state index contributed by atoms with van der Waals surface area (Å²) in [7, 11) is 1.68. The minimum atomic E-state index is -0.0378. The molecule has 0 heterocycles. The Bertz CT molecular complexity index is 377. The molecule has 0 atom stereocenters. The van der Waals surface area contributed by atoms with Crippen molar-refractivity contribution in [3.05, 3.63) is 23.8 Å². The Balaban J connectivity index is 2.55. The molecule has 0 radical (unpaired) electrons. The van der Waals surface area contributed by atoms with Gasteiger partial charge in [-0.25, -0.2) is 0 Å². The van der Waals surface area contributed by atoms with E-state index < -0.39 is 0 Å². The summed E-state index contributed by atoms with van der Waals surface area (Å²) in [6, 6.07) is 5.12. The number of methoxy groups -OCH3 is 1. The predicted octanol–water partition coefficient (Wildman–Crippen LogP) is 2.28. The maximum Gasteiger partial charge on any atom is 0.163 e. The second kappa shape index (κ2) is 6.91. The van der Waals surface area contributed by atoms with Crippen molar-refractivity contribution in [1.29, 1.82) is 0 Å². The number of hydrogen-bond donors (Lipinski definition) is 1. The predicted molar refractivity (Wildman–Crippen MR) is 67.5 cm³/mol. The summed E-state index contributed by atoms with van der Waals surface area (Å²) >= 11 is 0. The van der Waals surface area contributed by atoms with Crippen LogP contribution >= 0.6 is 0 Å². The molecule has 17 heavy (non-hydrogen) atoms. The maximum absolute atomic E-state index is 11.4. The van der Waals surface area contributed by atoms with E-state index in [0.717, 1.165) is 19.4 Å². The number of hydrogen-bond acceptors (Lipinski definition) is 4. The summed E-state index contributed by atoms with van der Waals surface area (Å²) in [6.45, 7) is 2.81. The van der Waals surface area contributed by atoms with Gasteiger partial charge in [-0.05, 0) is 38.0 Å². The number of rotatable bonds is 7. The molecule has 1 rings (SSSR count). The van der Waals surface area contributed by atoms with E-state index in [0.29, 0.717) is 23.6 Å². The van der Waals surface area contributed by atoms with Gasteiger partial charge in [0.2, 0.25) is 0 Å².